The van der Waals surface area contributed by atoms with Crippen molar-refractivity contribution in [3.05, 3.63) is 65.2 Å². The molecular formula is C29H38O3. The number of methoxy groups -OCH3 is 1. The van der Waals surface area contributed by atoms with Crippen LogP contribution in [0.4, 0.5) is 0 Å². The fraction of sp³-hybridized carbons (Fsp3) is 0.552. The third-order valence-corrected chi connectivity index (χ3v) is 8.30. The van der Waals surface area contributed by atoms with Gasteiger partial charge in [-0.05, 0) is 72.8 Å². The summed E-state index contributed by atoms with van der Waals surface area (Å²) in [7, 11) is 1.71. The molecule has 2 fully saturated rings. The fourth-order valence-electron chi connectivity index (χ4n) is 6.89. The topological polar surface area (TPSA) is 35.5 Å². The van der Waals surface area contributed by atoms with Gasteiger partial charge in [-0.25, -0.2) is 0 Å². The highest BCUT2D eigenvalue weighted by Gasteiger charge is 2.59. The fourth-order valence-corrected chi connectivity index (χ4v) is 6.89. The second kappa shape index (κ2) is 9.79. The van der Waals surface area contributed by atoms with Gasteiger partial charge in [-0.3, -0.25) is 4.79 Å². The lowest BCUT2D eigenvalue weighted by atomic mass is 9.53. The molecule has 3 heteroatoms. The molecule has 5 unspecified atom stereocenters. The summed E-state index contributed by atoms with van der Waals surface area (Å²) in [4.78, 5) is 13.6. The summed E-state index contributed by atoms with van der Waals surface area (Å²) in [6.45, 7) is 6.91. The van der Waals surface area contributed by atoms with Crippen LogP contribution in [0, 0.1) is 17.3 Å². The molecule has 0 spiro atoms. The Labute approximate surface area is 193 Å². The second-order valence-electron chi connectivity index (χ2n) is 9.44. The third kappa shape index (κ3) is 3.90. The van der Waals surface area contributed by atoms with Crippen LogP contribution in [0.1, 0.15) is 75.5 Å². The maximum Gasteiger partial charge on any atom is 0.141 e. The molecule has 3 aliphatic carbocycles. The lowest BCUT2D eigenvalue weighted by Gasteiger charge is -2.51. The molecule has 2 aromatic rings. The van der Waals surface area contributed by atoms with Crippen molar-refractivity contribution in [1.29, 1.82) is 0 Å². The minimum Gasteiger partial charge on any atom is -0.497 e. The molecule has 0 aromatic heterocycles. The van der Waals surface area contributed by atoms with Gasteiger partial charge in [0.05, 0.1) is 19.8 Å². The molecule has 0 radical (unpaired) electrons. The van der Waals surface area contributed by atoms with E-state index in [4.69, 9.17) is 9.47 Å². The van der Waals surface area contributed by atoms with Crippen LogP contribution in [0.15, 0.2) is 48.5 Å². The van der Waals surface area contributed by atoms with Crippen LogP contribution in [-0.4, -0.2) is 19.0 Å². The minimum atomic E-state index is 0.0109. The SMILES string of the molecule is CC.CCC12CC(=O)C3c4ccc(OC)cc4CCC3C1CCC2OCc1ccccc1. The van der Waals surface area contributed by atoms with Gasteiger partial charge in [0.15, 0.2) is 0 Å². The normalized spacial score (nSPS) is 30.4. The Morgan fingerprint density at radius 2 is 1.81 bits per heavy atom. The van der Waals surface area contributed by atoms with Crippen molar-refractivity contribution in [3.63, 3.8) is 0 Å². The average molecular weight is 435 g/mol. The number of Topliss-reactive ketones (excluding diaryl/α,β-unsaturated/α-hetero) is 1. The number of carbonyl (C=O) groups is 1. The predicted molar refractivity (Wildman–Crippen MR) is 129 cm³/mol. The van der Waals surface area contributed by atoms with Crippen molar-refractivity contribution in [1.82, 2.24) is 0 Å². The summed E-state index contributed by atoms with van der Waals surface area (Å²) in [5, 5.41) is 0. The molecule has 172 valence electrons. The molecule has 0 amide bonds. The van der Waals surface area contributed by atoms with E-state index in [1.54, 1.807) is 7.11 Å². The standard InChI is InChI=1S/C27H32O3.C2H6/c1-3-27-16-24(28)26-21-12-10-20(29-2)15-19(21)9-11-22(26)23(27)13-14-25(27)30-17-18-7-5-4-6-8-18;1-2/h4-8,10,12,15,22-23,25-26H,3,9,11,13-14,16-17H2,1-2H3;1-2H3. The molecule has 3 nitrogen and oxygen atoms in total. The number of ether oxygens (including phenoxy) is 2. The van der Waals surface area contributed by atoms with E-state index in [1.807, 2.05) is 26.0 Å². The third-order valence-electron chi connectivity index (χ3n) is 8.30. The first kappa shape index (κ1) is 23.0. The van der Waals surface area contributed by atoms with Gasteiger partial charge >= 0.3 is 0 Å². The lowest BCUT2D eigenvalue weighted by molar-refractivity contribution is -0.140. The molecular weight excluding hydrogens is 396 g/mol. The monoisotopic (exact) mass is 434 g/mol. The summed E-state index contributed by atoms with van der Waals surface area (Å²) in [6, 6.07) is 16.7. The number of rotatable bonds is 5. The van der Waals surface area contributed by atoms with E-state index in [0.29, 0.717) is 30.6 Å². The summed E-state index contributed by atoms with van der Waals surface area (Å²) in [6.07, 6.45) is 6.31. The minimum absolute atomic E-state index is 0.0109. The van der Waals surface area contributed by atoms with Crippen LogP contribution in [0.3, 0.4) is 0 Å². The van der Waals surface area contributed by atoms with E-state index in [1.165, 1.54) is 23.1 Å². The van der Waals surface area contributed by atoms with Crippen molar-refractivity contribution >= 4 is 5.78 Å². The summed E-state index contributed by atoms with van der Waals surface area (Å²) in [5.74, 6) is 2.43. The van der Waals surface area contributed by atoms with Crippen LogP contribution >= 0.6 is 0 Å². The molecule has 0 N–H and O–H groups in total. The van der Waals surface area contributed by atoms with E-state index >= 15 is 0 Å². The Bertz CT molecular complexity index is 921. The van der Waals surface area contributed by atoms with Crippen molar-refractivity contribution < 1.29 is 14.3 Å². The van der Waals surface area contributed by atoms with Gasteiger partial charge in [0.2, 0.25) is 0 Å². The van der Waals surface area contributed by atoms with Gasteiger partial charge < -0.3 is 9.47 Å². The molecule has 0 aliphatic heterocycles. The van der Waals surface area contributed by atoms with Crippen LogP contribution < -0.4 is 4.74 Å². The van der Waals surface area contributed by atoms with Gasteiger partial charge in [0, 0.05) is 17.8 Å². The van der Waals surface area contributed by atoms with Crippen molar-refractivity contribution in [3.8, 4) is 5.75 Å². The first-order valence-corrected chi connectivity index (χ1v) is 12.5. The first-order chi connectivity index (χ1) is 15.7. The zero-order valence-electron chi connectivity index (χ0n) is 20.1. The Morgan fingerprint density at radius 1 is 1.03 bits per heavy atom. The molecule has 2 aromatic carbocycles. The van der Waals surface area contributed by atoms with Gasteiger partial charge in [-0.2, -0.15) is 0 Å². The zero-order valence-corrected chi connectivity index (χ0v) is 20.1. The van der Waals surface area contributed by atoms with Crippen molar-refractivity contribution in [2.24, 2.45) is 17.3 Å². The van der Waals surface area contributed by atoms with Crippen molar-refractivity contribution in [2.45, 2.75) is 77.9 Å². The van der Waals surface area contributed by atoms with Gasteiger partial charge in [-0.1, -0.05) is 57.2 Å². The van der Waals surface area contributed by atoms with Crippen LogP contribution in [0.2, 0.25) is 0 Å². The molecule has 2 saturated carbocycles. The average Bonchev–Trinajstić information content (AvgIpc) is 3.22. The molecule has 0 saturated heterocycles. The number of hydrogen-bond donors (Lipinski definition) is 0. The summed E-state index contributed by atoms with van der Waals surface area (Å²) in [5.41, 5.74) is 3.79. The maximum atomic E-state index is 13.6. The smallest absolute Gasteiger partial charge is 0.141 e. The molecule has 5 atom stereocenters. The number of fused-ring (bicyclic) bond motifs is 5. The predicted octanol–water partition coefficient (Wildman–Crippen LogP) is 6.73. The largest absolute Gasteiger partial charge is 0.497 e. The van der Waals surface area contributed by atoms with E-state index < -0.39 is 0 Å². The van der Waals surface area contributed by atoms with E-state index in [9.17, 15) is 4.79 Å². The number of ketones is 1. The second-order valence-corrected chi connectivity index (χ2v) is 9.44. The quantitative estimate of drug-likeness (QED) is 0.523. The van der Waals surface area contributed by atoms with Gasteiger partial charge in [0.1, 0.15) is 11.5 Å². The van der Waals surface area contributed by atoms with Gasteiger partial charge in [-0.15, -0.1) is 0 Å². The van der Waals surface area contributed by atoms with E-state index in [-0.39, 0.29) is 17.4 Å². The number of benzene rings is 2. The molecule has 3 aliphatic rings. The maximum absolute atomic E-state index is 13.6. The Morgan fingerprint density at radius 3 is 2.53 bits per heavy atom. The Hall–Kier alpha value is -2.13. The molecule has 32 heavy (non-hydrogen) atoms. The van der Waals surface area contributed by atoms with Gasteiger partial charge in [0.25, 0.3) is 0 Å². The van der Waals surface area contributed by atoms with Crippen molar-refractivity contribution in [2.75, 3.05) is 7.11 Å². The highest BCUT2D eigenvalue weighted by Crippen LogP contribution is 2.62. The van der Waals surface area contributed by atoms with Crippen LogP contribution in [0.5, 0.6) is 5.75 Å². The summed E-state index contributed by atoms with van der Waals surface area (Å²) < 4.78 is 11.9. The highest BCUT2D eigenvalue weighted by atomic mass is 16.5. The Kier molecular flexibility index (Phi) is 7.05. The highest BCUT2D eigenvalue weighted by molar-refractivity contribution is 5.88. The first-order valence-electron chi connectivity index (χ1n) is 12.5. The Balaban J connectivity index is 0.00000119. The van der Waals surface area contributed by atoms with Crippen LogP contribution in [0.25, 0.3) is 0 Å². The number of carbonyl (C=O) groups excluding carboxylic acids is 1. The molecule has 0 heterocycles. The van der Waals surface area contributed by atoms with E-state index in [2.05, 4.69) is 43.3 Å². The van der Waals surface area contributed by atoms with Crippen LogP contribution in [-0.2, 0) is 22.6 Å². The summed E-state index contributed by atoms with van der Waals surface area (Å²) >= 11 is 0. The lowest BCUT2D eigenvalue weighted by Crippen LogP contribution is -2.50. The number of hydrogen-bond acceptors (Lipinski definition) is 3. The molecule has 0 bridgehead atoms. The zero-order chi connectivity index (χ0) is 22.7. The number of aryl methyl sites for hydroxylation is 1. The molecule has 5 rings (SSSR count). The van der Waals surface area contributed by atoms with E-state index in [0.717, 1.165) is 31.4 Å².